The first-order valence-corrected chi connectivity index (χ1v) is 7.84. The van der Waals surface area contributed by atoms with Gasteiger partial charge in [-0.1, -0.05) is 23.2 Å². The van der Waals surface area contributed by atoms with Gasteiger partial charge in [-0.05, 0) is 36.4 Å². The highest BCUT2D eigenvalue weighted by Gasteiger charge is 2.09. The zero-order chi connectivity index (χ0) is 17.5. The van der Waals surface area contributed by atoms with E-state index >= 15 is 0 Å². The van der Waals surface area contributed by atoms with E-state index in [4.69, 9.17) is 37.4 Å². The topological polar surface area (TPSA) is 56.8 Å². The molecule has 0 fully saturated rings. The molecule has 7 heteroatoms. The summed E-state index contributed by atoms with van der Waals surface area (Å²) in [6.45, 7) is 0.130. The molecule has 0 bridgehead atoms. The van der Waals surface area contributed by atoms with E-state index in [0.717, 1.165) is 5.56 Å². The van der Waals surface area contributed by atoms with E-state index < -0.39 is 0 Å². The zero-order valence-corrected chi connectivity index (χ0v) is 14.8. The minimum absolute atomic E-state index is 0.159. The van der Waals surface area contributed by atoms with Gasteiger partial charge in [-0.3, -0.25) is 4.79 Å². The third-order valence-electron chi connectivity index (χ3n) is 3.22. The minimum atomic E-state index is -0.286. The third kappa shape index (κ3) is 4.94. The van der Waals surface area contributed by atoms with Crippen LogP contribution in [0.2, 0.25) is 10.0 Å². The molecule has 2 aromatic carbocycles. The van der Waals surface area contributed by atoms with Gasteiger partial charge in [0.1, 0.15) is 17.2 Å². The standard InChI is InChI=1S/C17H17Cl2NO4/c1-22-13-4-6-15(23-2)11(7-13)9-20-17(21)10-24-16-5-3-12(18)8-14(16)19/h3-8H,9-10H2,1-2H3,(H,20,21). The first-order chi connectivity index (χ1) is 11.5. The summed E-state index contributed by atoms with van der Waals surface area (Å²) in [6, 6.07) is 10.2. The molecule has 0 saturated heterocycles. The maximum atomic E-state index is 11.9. The van der Waals surface area contributed by atoms with Gasteiger partial charge in [0.25, 0.3) is 5.91 Å². The molecule has 0 spiro atoms. The minimum Gasteiger partial charge on any atom is -0.497 e. The molecule has 5 nitrogen and oxygen atoms in total. The lowest BCUT2D eigenvalue weighted by atomic mass is 10.2. The second-order valence-electron chi connectivity index (χ2n) is 4.82. The first kappa shape index (κ1) is 18.2. The second-order valence-corrected chi connectivity index (χ2v) is 5.66. The number of carbonyl (C=O) groups is 1. The Labute approximate surface area is 150 Å². The summed E-state index contributed by atoms with van der Waals surface area (Å²) in [7, 11) is 3.15. The quantitative estimate of drug-likeness (QED) is 0.808. The largest absolute Gasteiger partial charge is 0.497 e. The van der Waals surface area contributed by atoms with Gasteiger partial charge in [-0.2, -0.15) is 0 Å². The summed E-state index contributed by atoms with van der Waals surface area (Å²) >= 11 is 11.8. The highest BCUT2D eigenvalue weighted by molar-refractivity contribution is 6.35. The molecule has 0 aliphatic rings. The molecule has 0 atom stereocenters. The van der Waals surface area contributed by atoms with Gasteiger partial charge in [0.05, 0.1) is 19.2 Å². The number of hydrogen-bond donors (Lipinski definition) is 1. The summed E-state index contributed by atoms with van der Waals surface area (Å²) in [6.07, 6.45) is 0. The van der Waals surface area contributed by atoms with E-state index in [2.05, 4.69) is 5.32 Å². The number of hydrogen-bond acceptors (Lipinski definition) is 4. The summed E-state index contributed by atoms with van der Waals surface area (Å²) in [5.74, 6) is 1.46. The highest BCUT2D eigenvalue weighted by Crippen LogP contribution is 2.27. The average Bonchev–Trinajstić information content (AvgIpc) is 2.58. The van der Waals surface area contributed by atoms with Crippen molar-refractivity contribution in [2.45, 2.75) is 6.54 Å². The Morgan fingerprint density at radius 1 is 1.04 bits per heavy atom. The van der Waals surface area contributed by atoms with E-state index in [-0.39, 0.29) is 19.1 Å². The lowest BCUT2D eigenvalue weighted by Crippen LogP contribution is -2.28. The molecule has 128 valence electrons. The Morgan fingerprint density at radius 2 is 1.79 bits per heavy atom. The Bertz CT molecular complexity index is 722. The monoisotopic (exact) mass is 369 g/mol. The van der Waals surface area contributed by atoms with Crippen LogP contribution in [0.25, 0.3) is 0 Å². The molecule has 0 aliphatic heterocycles. The molecule has 24 heavy (non-hydrogen) atoms. The molecular weight excluding hydrogens is 353 g/mol. The zero-order valence-electron chi connectivity index (χ0n) is 13.3. The molecule has 0 aliphatic carbocycles. The Kier molecular flexibility index (Phi) is 6.58. The molecule has 0 unspecified atom stereocenters. The molecule has 2 aromatic rings. The summed E-state index contributed by atoms with van der Waals surface area (Å²) in [5, 5.41) is 3.61. The van der Waals surface area contributed by atoms with Crippen LogP contribution in [-0.2, 0) is 11.3 Å². The van der Waals surface area contributed by atoms with E-state index in [0.29, 0.717) is 27.3 Å². The van der Waals surface area contributed by atoms with Gasteiger partial charge in [-0.15, -0.1) is 0 Å². The van der Waals surface area contributed by atoms with Crippen molar-refractivity contribution < 1.29 is 19.0 Å². The smallest absolute Gasteiger partial charge is 0.258 e. The Hall–Kier alpha value is -2.11. The predicted molar refractivity (Wildman–Crippen MR) is 93.3 cm³/mol. The van der Waals surface area contributed by atoms with Crippen molar-refractivity contribution in [2.24, 2.45) is 0 Å². The van der Waals surface area contributed by atoms with Crippen LogP contribution < -0.4 is 19.5 Å². The summed E-state index contributed by atoms with van der Waals surface area (Å²) < 4.78 is 15.8. The van der Waals surface area contributed by atoms with Crippen LogP contribution in [0.5, 0.6) is 17.2 Å². The Balaban J connectivity index is 1.91. The fourth-order valence-corrected chi connectivity index (χ4v) is 2.46. The average molecular weight is 370 g/mol. The number of ether oxygens (including phenoxy) is 3. The molecular formula is C17H17Cl2NO4. The molecule has 1 amide bonds. The summed E-state index contributed by atoms with van der Waals surface area (Å²) in [4.78, 5) is 11.9. The lowest BCUT2D eigenvalue weighted by molar-refractivity contribution is -0.123. The van der Waals surface area contributed by atoms with Crippen molar-refractivity contribution in [1.29, 1.82) is 0 Å². The van der Waals surface area contributed by atoms with Crippen LogP contribution >= 0.6 is 23.2 Å². The van der Waals surface area contributed by atoms with Crippen molar-refractivity contribution in [1.82, 2.24) is 5.32 Å². The maximum Gasteiger partial charge on any atom is 0.258 e. The first-order valence-electron chi connectivity index (χ1n) is 7.09. The number of benzene rings is 2. The number of nitrogens with one attached hydrogen (secondary N) is 1. The van der Waals surface area contributed by atoms with Crippen molar-refractivity contribution >= 4 is 29.1 Å². The number of methoxy groups -OCH3 is 2. The highest BCUT2D eigenvalue weighted by atomic mass is 35.5. The predicted octanol–water partition coefficient (Wildman–Crippen LogP) is 3.71. The third-order valence-corrected chi connectivity index (χ3v) is 3.75. The van der Waals surface area contributed by atoms with E-state index in [1.807, 2.05) is 0 Å². The molecule has 0 saturated carbocycles. The van der Waals surface area contributed by atoms with E-state index in [9.17, 15) is 4.79 Å². The molecule has 1 N–H and O–H groups in total. The van der Waals surface area contributed by atoms with Crippen molar-refractivity contribution in [3.63, 3.8) is 0 Å². The normalized spacial score (nSPS) is 10.2. The van der Waals surface area contributed by atoms with Gasteiger partial charge in [0.15, 0.2) is 6.61 Å². The van der Waals surface area contributed by atoms with Crippen molar-refractivity contribution in [2.75, 3.05) is 20.8 Å². The van der Waals surface area contributed by atoms with E-state index in [1.165, 1.54) is 0 Å². The number of halogens is 2. The van der Waals surface area contributed by atoms with Gasteiger partial charge < -0.3 is 19.5 Å². The van der Waals surface area contributed by atoms with Crippen LogP contribution in [0.1, 0.15) is 5.56 Å². The number of carbonyl (C=O) groups excluding carboxylic acids is 1. The van der Waals surface area contributed by atoms with E-state index in [1.54, 1.807) is 50.6 Å². The number of amides is 1. The second kappa shape index (κ2) is 8.66. The van der Waals surface area contributed by atoms with Gasteiger partial charge in [0, 0.05) is 17.1 Å². The maximum absolute atomic E-state index is 11.9. The molecule has 2 rings (SSSR count). The summed E-state index contributed by atoms with van der Waals surface area (Å²) in [5.41, 5.74) is 0.801. The van der Waals surface area contributed by atoms with Crippen molar-refractivity contribution in [3.8, 4) is 17.2 Å². The fourth-order valence-electron chi connectivity index (χ4n) is 2.00. The molecule has 0 aromatic heterocycles. The van der Waals surface area contributed by atoms with Crippen LogP contribution in [0.4, 0.5) is 0 Å². The van der Waals surface area contributed by atoms with Gasteiger partial charge >= 0.3 is 0 Å². The number of rotatable bonds is 7. The molecule has 0 radical (unpaired) electrons. The van der Waals surface area contributed by atoms with Crippen LogP contribution in [0.3, 0.4) is 0 Å². The molecule has 0 heterocycles. The lowest BCUT2D eigenvalue weighted by Gasteiger charge is -2.12. The SMILES string of the molecule is COc1ccc(OC)c(CNC(=O)COc2ccc(Cl)cc2Cl)c1. The van der Waals surface area contributed by atoms with Crippen LogP contribution in [0, 0.1) is 0 Å². The Morgan fingerprint density at radius 3 is 2.46 bits per heavy atom. The fraction of sp³-hybridized carbons (Fsp3) is 0.235. The van der Waals surface area contributed by atoms with Gasteiger partial charge in [0.2, 0.25) is 0 Å². The van der Waals surface area contributed by atoms with Gasteiger partial charge in [-0.25, -0.2) is 0 Å². The van der Waals surface area contributed by atoms with Crippen molar-refractivity contribution in [3.05, 3.63) is 52.0 Å². The van der Waals surface area contributed by atoms with Crippen LogP contribution in [-0.4, -0.2) is 26.7 Å². The van der Waals surface area contributed by atoms with Crippen LogP contribution in [0.15, 0.2) is 36.4 Å².